The molecule has 0 aliphatic heterocycles. The van der Waals surface area contributed by atoms with Gasteiger partial charge in [0.05, 0.1) is 13.2 Å². The van der Waals surface area contributed by atoms with Crippen LogP contribution in [0.5, 0.6) is 5.75 Å². The molecule has 0 spiro atoms. The number of benzene rings is 4. The van der Waals surface area contributed by atoms with Crippen molar-refractivity contribution in [3.63, 3.8) is 0 Å². The topological polar surface area (TPSA) is 43.3 Å². The van der Waals surface area contributed by atoms with E-state index in [1.54, 1.807) is 7.11 Å². The molecule has 4 nitrogen and oxygen atoms in total. The Kier molecular flexibility index (Phi) is 7.06. The Morgan fingerprint density at radius 3 is 2.29 bits per heavy atom. The van der Waals surface area contributed by atoms with Gasteiger partial charge in [-0.3, -0.25) is 4.79 Å². The molecule has 1 atom stereocenters. The Labute approximate surface area is 224 Å². The lowest BCUT2D eigenvalue weighted by Crippen LogP contribution is -2.26. The average molecular weight is 503 g/mol. The highest BCUT2D eigenvalue weighted by Gasteiger charge is 2.16. The molecule has 0 saturated carbocycles. The van der Waals surface area contributed by atoms with E-state index in [0.29, 0.717) is 5.56 Å². The van der Waals surface area contributed by atoms with Gasteiger partial charge in [-0.2, -0.15) is 0 Å². The van der Waals surface area contributed by atoms with Gasteiger partial charge in [0.2, 0.25) is 0 Å². The third-order valence-electron chi connectivity index (χ3n) is 7.62. The van der Waals surface area contributed by atoms with Crippen molar-refractivity contribution in [2.45, 2.75) is 40.3 Å². The first-order chi connectivity index (χ1) is 18.4. The van der Waals surface area contributed by atoms with Gasteiger partial charge in [0.1, 0.15) is 5.75 Å². The molecule has 5 aromatic rings. The van der Waals surface area contributed by atoms with Crippen LogP contribution < -0.4 is 10.1 Å². The van der Waals surface area contributed by atoms with Gasteiger partial charge in [-0.05, 0) is 91.4 Å². The predicted octanol–water partition coefficient (Wildman–Crippen LogP) is 7.78. The maximum Gasteiger partial charge on any atom is 0.251 e. The molecule has 0 fully saturated rings. The number of hydrogen-bond donors (Lipinski definition) is 1. The lowest BCUT2D eigenvalue weighted by molar-refractivity contribution is 0.0940. The highest BCUT2D eigenvalue weighted by molar-refractivity contribution is 5.99. The zero-order valence-electron chi connectivity index (χ0n) is 22.7. The van der Waals surface area contributed by atoms with Crippen molar-refractivity contribution in [2.75, 3.05) is 7.11 Å². The Balaban J connectivity index is 1.36. The standard InChI is InChI=1S/C34H34N2O2/c1-22-8-6-7-9-31(22)28-12-10-26(11-13-28)21-36-25(4)23(2)32-20-29(16-19-33(32)36)34(37)35-24(3)27-14-17-30(38-5)18-15-27/h6-20,24H,21H2,1-5H3,(H,35,37)/t24-/m0/s1. The van der Waals surface area contributed by atoms with Gasteiger partial charge in [-0.1, -0.05) is 60.7 Å². The molecule has 5 rings (SSSR count). The summed E-state index contributed by atoms with van der Waals surface area (Å²) in [6.07, 6.45) is 0. The van der Waals surface area contributed by atoms with Crippen LogP contribution in [0.25, 0.3) is 22.0 Å². The summed E-state index contributed by atoms with van der Waals surface area (Å²) in [5.74, 6) is 0.724. The molecule has 0 aliphatic carbocycles. The fourth-order valence-corrected chi connectivity index (χ4v) is 5.12. The van der Waals surface area contributed by atoms with Crippen molar-refractivity contribution >= 4 is 16.8 Å². The fraction of sp³-hybridized carbons (Fsp3) is 0.206. The third-order valence-corrected chi connectivity index (χ3v) is 7.62. The van der Waals surface area contributed by atoms with Gasteiger partial charge in [0, 0.05) is 28.7 Å². The highest BCUT2D eigenvalue weighted by Crippen LogP contribution is 2.29. The molecule has 38 heavy (non-hydrogen) atoms. The van der Waals surface area contributed by atoms with Crippen LogP contribution in [0.4, 0.5) is 0 Å². The van der Waals surface area contributed by atoms with Crippen LogP contribution in [-0.4, -0.2) is 17.6 Å². The summed E-state index contributed by atoms with van der Waals surface area (Å²) in [7, 11) is 1.65. The lowest BCUT2D eigenvalue weighted by Gasteiger charge is -2.15. The minimum Gasteiger partial charge on any atom is -0.497 e. The second kappa shape index (κ2) is 10.6. The Bertz CT molecular complexity index is 1590. The SMILES string of the molecule is COc1ccc([C@H](C)NC(=O)c2ccc3c(c2)c(C)c(C)n3Cc2ccc(-c3ccccc3C)cc2)cc1. The normalized spacial score (nSPS) is 11.9. The van der Waals surface area contributed by atoms with Crippen molar-refractivity contribution in [2.24, 2.45) is 0 Å². The number of fused-ring (bicyclic) bond motifs is 1. The summed E-state index contributed by atoms with van der Waals surface area (Å²) < 4.78 is 7.58. The highest BCUT2D eigenvalue weighted by atomic mass is 16.5. The van der Waals surface area contributed by atoms with Crippen LogP contribution in [0.15, 0.2) is 91.0 Å². The molecule has 1 heterocycles. The number of hydrogen-bond acceptors (Lipinski definition) is 2. The molecule has 0 aliphatic rings. The first-order valence-electron chi connectivity index (χ1n) is 13.0. The summed E-state index contributed by atoms with van der Waals surface area (Å²) in [6.45, 7) is 9.22. The number of carbonyl (C=O) groups excluding carboxylic acids is 1. The van der Waals surface area contributed by atoms with Gasteiger partial charge in [-0.25, -0.2) is 0 Å². The van der Waals surface area contributed by atoms with Crippen LogP contribution in [0.1, 0.15) is 51.3 Å². The first-order valence-corrected chi connectivity index (χ1v) is 13.0. The van der Waals surface area contributed by atoms with Crippen LogP contribution in [-0.2, 0) is 6.54 Å². The molecular weight excluding hydrogens is 468 g/mol. The van der Waals surface area contributed by atoms with E-state index in [-0.39, 0.29) is 11.9 Å². The Morgan fingerprint density at radius 1 is 0.895 bits per heavy atom. The maximum absolute atomic E-state index is 13.1. The van der Waals surface area contributed by atoms with Gasteiger partial charge >= 0.3 is 0 Å². The van der Waals surface area contributed by atoms with Gasteiger partial charge < -0.3 is 14.6 Å². The van der Waals surface area contributed by atoms with E-state index in [2.05, 4.69) is 85.3 Å². The second-order valence-electron chi connectivity index (χ2n) is 10.0. The van der Waals surface area contributed by atoms with Crippen LogP contribution >= 0.6 is 0 Å². The minimum atomic E-state index is -0.112. The predicted molar refractivity (Wildman–Crippen MR) is 156 cm³/mol. The van der Waals surface area contributed by atoms with Crippen molar-refractivity contribution < 1.29 is 9.53 Å². The molecule has 1 aromatic heterocycles. The van der Waals surface area contributed by atoms with E-state index in [1.165, 1.54) is 33.5 Å². The Morgan fingerprint density at radius 2 is 1.61 bits per heavy atom. The summed E-state index contributed by atoms with van der Waals surface area (Å²) in [5, 5.41) is 4.25. The first kappa shape index (κ1) is 25.3. The van der Waals surface area contributed by atoms with Gasteiger partial charge in [0.15, 0.2) is 0 Å². The zero-order chi connectivity index (χ0) is 26.8. The zero-order valence-corrected chi connectivity index (χ0v) is 22.7. The van der Waals surface area contributed by atoms with E-state index in [9.17, 15) is 4.79 Å². The number of nitrogens with one attached hydrogen (secondary N) is 1. The molecule has 0 bridgehead atoms. The van der Waals surface area contributed by atoms with E-state index in [0.717, 1.165) is 28.8 Å². The number of ether oxygens (including phenoxy) is 1. The van der Waals surface area contributed by atoms with E-state index < -0.39 is 0 Å². The number of amides is 1. The second-order valence-corrected chi connectivity index (χ2v) is 10.0. The van der Waals surface area contributed by atoms with Crippen molar-refractivity contribution in [3.05, 3.63) is 125 Å². The number of methoxy groups -OCH3 is 1. The number of carbonyl (C=O) groups is 1. The molecule has 1 amide bonds. The molecule has 4 heteroatoms. The molecule has 1 N–H and O–H groups in total. The number of aryl methyl sites for hydroxylation is 2. The van der Waals surface area contributed by atoms with Crippen LogP contribution in [0, 0.1) is 20.8 Å². The average Bonchev–Trinajstić information content (AvgIpc) is 3.18. The van der Waals surface area contributed by atoms with Gasteiger partial charge in [-0.15, -0.1) is 0 Å². The van der Waals surface area contributed by atoms with Crippen molar-refractivity contribution in [3.8, 4) is 16.9 Å². The largest absolute Gasteiger partial charge is 0.497 e. The smallest absolute Gasteiger partial charge is 0.251 e. The summed E-state index contributed by atoms with van der Waals surface area (Å²) in [4.78, 5) is 13.1. The minimum absolute atomic E-state index is 0.0770. The lowest BCUT2D eigenvalue weighted by atomic mass is 9.99. The number of nitrogens with zero attached hydrogens (tertiary/aromatic N) is 1. The molecule has 0 radical (unpaired) electrons. The van der Waals surface area contributed by atoms with E-state index >= 15 is 0 Å². The Hall–Kier alpha value is -4.31. The quantitative estimate of drug-likeness (QED) is 0.247. The molecule has 0 unspecified atom stereocenters. The summed E-state index contributed by atoms with van der Waals surface area (Å²) in [5.41, 5.74) is 10.3. The van der Waals surface area contributed by atoms with Gasteiger partial charge in [0.25, 0.3) is 5.91 Å². The van der Waals surface area contributed by atoms with E-state index in [1.807, 2.05) is 43.3 Å². The maximum atomic E-state index is 13.1. The van der Waals surface area contributed by atoms with Crippen molar-refractivity contribution in [1.82, 2.24) is 9.88 Å². The summed E-state index contributed by atoms with van der Waals surface area (Å²) >= 11 is 0. The van der Waals surface area contributed by atoms with E-state index in [4.69, 9.17) is 4.74 Å². The summed E-state index contributed by atoms with van der Waals surface area (Å²) in [6, 6.07) is 31.0. The fourth-order valence-electron chi connectivity index (χ4n) is 5.12. The monoisotopic (exact) mass is 502 g/mol. The number of aromatic nitrogens is 1. The number of rotatable bonds is 7. The molecule has 192 valence electrons. The van der Waals surface area contributed by atoms with Crippen molar-refractivity contribution in [1.29, 1.82) is 0 Å². The molecule has 4 aromatic carbocycles. The third kappa shape index (κ3) is 4.95. The molecular formula is C34H34N2O2. The van der Waals surface area contributed by atoms with Crippen LogP contribution in [0.2, 0.25) is 0 Å². The van der Waals surface area contributed by atoms with Crippen LogP contribution in [0.3, 0.4) is 0 Å². The molecule has 0 saturated heterocycles.